The van der Waals surface area contributed by atoms with Gasteiger partial charge in [0.1, 0.15) is 6.54 Å². The average Bonchev–Trinajstić information content (AvgIpc) is 3.46. The van der Waals surface area contributed by atoms with Crippen LogP contribution < -0.4 is 10.6 Å². The Labute approximate surface area is 200 Å². The van der Waals surface area contributed by atoms with Crippen molar-refractivity contribution in [1.29, 1.82) is 0 Å². The molecule has 1 saturated heterocycles. The van der Waals surface area contributed by atoms with Crippen molar-refractivity contribution in [2.45, 2.75) is 50.2 Å². The third-order valence-electron chi connectivity index (χ3n) is 6.64. The summed E-state index contributed by atoms with van der Waals surface area (Å²) < 4.78 is 2.35. The van der Waals surface area contributed by atoms with E-state index in [1.54, 1.807) is 6.20 Å². The Morgan fingerprint density at radius 1 is 1.06 bits per heavy atom. The summed E-state index contributed by atoms with van der Waals surface area (Å²) in [5.74, 6) is -0.0938. The highest BCUT2D eigenvalue weighted by molar-refractivity contribution is 7.80. The maximum atomic E-state index is 12.9. The van der Waals surface area contributed by atoms with Crippen LogP contribution in [-0.2, 0) is 4.79 Å². The summed E-state index contributed by atoms with van der Waals surface area (Å²) in [7, 11) is 0. The highest BCUT2D eigenvalue weighted by Crippen LogP contribution is 2.39. The molecule has 2 atom stereocenters. The zero-order chi connectivity index (χ0) is 22.6. The molecule has 170 valence electrons. The lowest BCUT2D eigenvalue weighted by Crippen LogP contribution is -2.37. The molecule has 0 spiro atoms. The molecule has 1 aliphatic heterocycles. The van der Waals surface area contributed by atoms with E-state index >= 15 is 0 Å². The van der Waals surface area contributed by atoms with Gasteiger partial charge in [0, 0.05) is 30.3 Å². The van der Waals surface area contributed by atoms with Gasteiger partial charge in [-0.25, -0.2) is 0 Å². The predicted molar refractivity (Wildman–Crippen MR) is 134 cm³/mol. The summed E-state index contributed by atoms with van der Waals surface area (Å²) in [6, 6.07) is 17.9. The number of carbonyl (C=O) groups is 1. The van der Waals surface area contributed by atoms with Crippen LogP contribution in [0.3, 0.4) is 0 Å². The van der Waals surface area contributed by atoms with Gasteiger partial charge in [0.15, 0.2) is 5.11 Å². The number of benzene rings is 1. The normalized spacial score (nSPS) is 21.1. The summed E-state index contributed by atoms with van der Waals surface area (Å²) in [5.41, 5.74) is 2.85. The van der Waals surface area contributed by atoms with Crippen molar-refractivity contribution in [3.8, 4) is 0 Å². The van der Waals surface area contributed by atoms with Crippen LogP contribution in [0.2, 0.25) is 0 Å². The molecule has 3 aromatic rings. The van der Waals surface area contributed by atoms with E-state index in [0.29, 0.717) is 11.2 Å². The number of amides is 1. The zero-order valence-corrected chi connectivity index (χ0v) is 19.4. The fourth-order valence-electron chi connectivity index (χ4n) is 5.03. The van der Waals surface area contributed by atoms with Crippen LogP contribution in [0, 0.1) is 0 Å². The van der Waals surface area contributed by atoms with E-state index in [1.807, 2.05) is 53.4 Å². The van der Waals surface area contributed by atoms with Crippen LogP contribution in [0.5, 0.6) is 0 Å². The average molecular weight is 460 g/mol. The lowest BCUT2D eigenvalue weighted by atomic mass is 9.95. The maximum Gasteiger partial charge on any atom is 0.244 e. The largest absolute Gasteiger partial charge is 0.352 e. The molecule has 2 aliphatic rings. The molecule has 2 aromatic heterocycles. The topological polar surface area (TPSA) is 62.2 Å². The van der Waals surface area contributed by atoms with E-state index in [2.05, 4.69) is 38.6 Å². The molecular formula is C26H29N5OS. The Morgan fingerprint density at radius 2 is 1.85 bits per heavy atom. The maximum absolute atomic E-state index is 12.9. The third kappa shape index (κ3) is 4.78. The minimum atomic E-state index is -0.120. The Morgan fingerprint density at radius 3 is 2.61 bits per heavy atom. The van der Waals surface area contributed by atoms with Gasteiger partial charge in [-0.3, -0.25) is 9.78 Å². The molecule has 1 aliphatic carbocycles. The van der Waals surface area contributed by atoms with Crippen LogP contribution in [0.15, 0.2) is 73.2 Å². The molecule has 3 heterocycles. The lowest BCUT2D eigenvalue weighted by Gasteiger charge is -2.27. The van der Waals surface area contributed by atoms with Gasteiger partial charge in [-0.2, -0.15) is 0 Å². The number of para-hydroxylation sites is 1. The smallest absolute Gasteiger partial charge is 0.244 e. The van der Waals surface area contributed by atoms with E-state index in [1.165, 1.54) is 32.1 Å². The highest BCUT2D eigenvalue weighted by atomic mass is 32.1. The van der Waals surface area contributed by atoms with Gasteiger partial charge in [0.25, 0.3) is 0 Å². The van der Waals surface area contributed by atoms with Crippen LogP contribution in [0.25, 0.3) is 0 Å². The molecule has 2 N–H and O–H groups in total. The number of anilines is 1. The molecule has 0 bridgehead atoms. The number of hydrogen-bond donors (Lipinski definition) is 2. The summed E-state index contributed by atoms with van der Waals surface area (Å²) in [4.78, 5) is 19.5. The van der Waals surface area contributed by atoms with Gasteiger partial charge in [0.05, 0.1) is 17.8 Å². The first kappa shape index (κ1) is 21.6. The van der Waals surface area contributed by atoms with Crippen molar-refractivity contribution >= 4 is 28.9 Å². The quantitative estimate of drug-likeness (QED) is 0.508. The Kier molecular flexibility index (Phi) is 6.39. The van der Waals surface area contributed by atoms with E-state index in [9.17, 15) is 4.79 Å². The first-order valence-electron chi connectivity index (χ1n) is 11.7. The number of rotatable bonds is 6. The first-order valence-corrected chi connectivity index (χ1v) is 12.1. The minimum absolute atomic E-state index is 0.0938. The molecule has 6 nitrogen and oxygen atoms in total. The minimum Gasteiger partial charge on any atom is -0.352 e. The highest BCUT2D eigenvalue weighted by Gasteiger charge is 2.41. The Bertz CT molecular complexity index is 1090. The molecule has 2 fully saturated rings. The summed E-state index contributed by atoms with van der Waals surface area (Å²) in [5, 5.41) is 6.99. The van der Waals surface area contributed by atoms with Gasteiger partial charge in [-0.15, -0.1) is 0 Å². The summed E-state index contributed by atoms with van der Waals surface area (Å²) in [6.45, 7) is 0.170. The second kappa shape index (κ2) is 9.75. The fraction of sp³-hybridized carbons (Fsp3) is 0.346. The SMILES string of the molecule is O=C(CN1C(=S)NC(c2ccccn2)C1c1ccn(C2CCCCC2)c1)Nc1ccccc1. The monoisotopic (exact) mass is 459 g/mol. The van der Waals surface area contributed by atoms with Crippen molar-refractivity contribution in [2.24, 2.45) is 0 Å². The van der Waals surface area contributed by atoms with Crippen LogP contribution >= 0.6 is 12.2 Å². The summed E-state index contributed by atoms with van der Waals surface area (Å²) >= 11 is 5.71. The van der Waals surface area contributed by atoms with Crippen LogP contribution in [-0.4, -0.2) is 32.0 Å². The number of carbonyl (C=O) groups excluding carboxylic acids is 1. The van der Waals surface area contributed by atoms with Crippen molar-refractivity contribution in [2.75, 3.05) is 11.9 Å². The van der Waals surface area contributed by atoms with Gasteiger partial charge >= 0.3 is 0 Å². The molecule has 7 heteroatoms. The van der Waals surface area contributed by atoms with Gasteiger partial charge < -0.3 is 20.1 Å². The van der Waals surface area contributed by atoms with Gasteiger partial charge in [0.2, 0.25) is 5.91 Å². The molecule has 33 heavy (non-hydrogen) atoms. The molecule has 1 amide bonds. The van der Waals surface area contributed by atoms with Crippen LogP contribution in [0.4, 0.5) is 5.69 Å². The van der Waals surface area contributed by atoms with Crippen molar-refractivity contribution in [3.05, 3.63) is 84.4 Å². The zero-order valence-electron chi connectivity index (χ0n) is 18.6. The number of nitrogens with one attached hydrogen (secondary N) is 2. The number of aromatic nitrogens is 2. The van der Waals surface area contributed by atoms with Crippen molar-refractivity contribution < 1.29 is 4.79 Å². The third-order valence-corrected chi connectivity index (χ3v) is 7.00. The van der Waals surface area contributed by atoms with E-state index < -0.39 is 0 Å². The van der Waals surface area contributed by atoms with Crippen LogP contribution in [0.1, 0.15) is 61.5 Å². The second-order valence-electron chi connectivity index (χ2n) is 8.85. The Balaban J connectivity index is 1.42. The van der Waals surface area contributed by atoms with E-state index in [4.69, 9.17) is 12.2 Å². The molecular weight excluding hydrogens is 430 g/mol. The fourth-order valence-corrected chi connectivity index (χ4v) is 5.33. The standard InChI is InChI=1S/C26H29N5OS/c32-23(28-20-9-3-1-4-10-20)18-31-25(24(29-26(31)33)22-13-7-8-15-27-22)19-14-16-30(17-19)21-11-5-2-6-12-21/h1,3-4,7-10,13-17,21,24-25H,2,5-6,11-12,18H2,(H,28,32)(H,29,33). The van der Waals surface area contributed by atoms with E-state index in [-0.39, 0.29) is 24.5 Å². The molecule has 1 saturated carbocycles. The first-order chi connectivity index (χ1) is 16.2. The Hall–Kier alpha value is -3.19. The number of pyridine rings is 1. The number of hydrogen-bond acceptors (Lipinski definition) is 3. The molecule has 0 radical (unpaired) electrons. The van der Waals surface area contributed by atoms with E-state index in [0.717, 1.165) is 16.9 Å². The second-order valence-corrected chi connectivity index (χ2v) is 9.24. The summed E-state index contributed by atoms with van der Waals surface area (Å²) in [6.07, 6.45) is 12.6. The molecule has 5 rings (SSSR count). The lowest BCUT2D eigenvalue weighted by molar-refractivity contribution is -0.116. The van der Waals surface area contributed by atoms with Crippen molar-refractivity contribution in [3.63, 3.8) is 0 Å². The predicted octanol–water partition coefficient (Wildman–Crippen LogP) is 5.00. The molecule has 1 aromatic carbocycles. The van der Waals surface area contributed by atoms with Crippen molar-refractivity contribution in [1.82, 2.24) is 19.8 Å². The van der Waals surface area contributed by atoms with Gasteiger partial charge in [-0.05, 0) is 61.0 Å². The number of thiocarbonyl (C=S) groups is 1. The van der Waals surface area contributed by atoms with Gasteiger partial charge in [-0.1, -0.05) is 43.5 Å². The molecule has 2 unspecified atom stereocenters. The number of nitrogens with zero attached hydrogens (tertiary/aromatic N) is 3.